The zero-order chi connectivity index (χ0) is 12.4. The molecular weight excluding hydrogens is 232 g/mol. The van der Waals surface area contributed by atoms with Gasteiger partial charge in [0.25, 0.3) is 5.91 Å². The van der Waals surface area contributed by atoms with Gasteiger partial charge in [-0.25, -0.2) is 0 Å². The number of nitrogens with zero attached hydrogens (tertiary/aromatic N) is 1. The summed E-state index contributed by atoms with van der Waals surface area (Å²) in [7, 11) is 0. The molecule has 3 rings (SSSR count). The van der Waals surface area contributed by atoms with Crippen molar-refractivity contribution in [2.24, 2.45) is 5.41 Å². The highest BCUT2D eigenvalue weighted by molar-refractivity contribution is 5.81. The number of amides is 1. The number of piperidine rings is 1. The molecule has 0 radical (unpaired) electrons. The SMILES string of the molecule is O=C([C@H]1C[C@@]2(CCCNC2)CO1)N1CCOCC1. The van der Waals surface area contributed by atoms with Gasteiger partial charge in [0.2, 0.25) is 0 Å². The third kappa shape index (κ3) is 2.39. The third-order valence-corrected chi connectivity index (χ3v) is 4.37. The topological polar surface area (TPSA) is 50.8 Å². The van der Waals surface area contributed by atoms with E-state index >= 15 is 0 Å². The molecule has 0 aromatic heterocycles. The molecule has 0 bridgehead atoms. The maximum absolute atomic E-state index is 12.4. The van der Waals surface area contributed by atoms with Gasteiger partial charge in [0, 0.05) is 25.0 Å². The molecule has 2 atom stereocenters. The van der Waals surface area contributed by atoms with Crippen molar-refractivity contribution in [3.8, 4) is 0 Å². The van der Waals surface area contributed by atoms with Gasteiger partial charge in [-0.2, -0.15) is 0 Å². The second-order valence-electron chi connectivity index (χ2n) is 5.72. The summed E-state index contributed by atoms with van der Waals surface area (Å²) in [6.45, 7) is 5.58. The van der Waals surface area contributed by atoms with Crippen LogP contribution < -0.4 is 5.32 Å². The van der Waals surface area contributed by atoms with E-state index < -0.39 is 0 Å². The van der Waals surface area contributed by atoms with Crippen LogP contribution in [0.15, 0.2) is 0 Å². The predicted molar refractivity (Wildman–Crippen MR) is 66.3 cm³/mol. The molecule has 1 amide bonds. The number of hydrogen-bond acceptors (Lipinski definition) is 4. The Morgan fingerprint density at radius 1 is 1.33 bits per heavy atom. The van der Waals surface area contributed by atoms with Crippen LogP contribution in [0.3, 0.4) is 0 Å². The van der Waals surface area contributed by atoms with E-state index in [4.69, 9.17) is 9.47 Å². The largest absolute Gasteiger partial charge is 0.378 e. The quantitative estimate of drug-likeness (QED) is 0.716. The molecule has 0 unspecified atom stereocenters. The van der Waals surface area contributed by atoms with E-state index in [0.29, 0.717) is 26.3 Å². The zero-order valence-corrected chi connectivity index (χ0v) is 10.8. The van der Waals surface area contributed by atoms with Gasteiger partial charge in [-0.15, -0.1) is 0 Å². The van der Waals surface area contributed by atoms with Gasteiger partial charge in [0.05, 0.1) is 19.8 Å². The van der Waals surface area contributed by atoms with Crippen molar-refractivity contribution in [1.29, 1.82) is 0 Å². The Hall–Kier alpha value is -0.650. The standard InChI is InChI=1S/C13H22N2O3/c16-12(15-4-6-17-7-5-15)11-8-13(10-18-11)2-1-3-14-9-13/h11,14H,1-10H2/t11-,13-/m1/s1. The van der Waals surface area contributed by atoms with Crippen LogP contribution in [-0.4, -0.2) is 62.9 Å². The highest BCUT2D eigenvalue weighted by atomic mass is 16.5. The summed E-state index contributed by atoms with van der Waals surface area (Å²) < 4.78 is 11.1. The van der Waals surface area contributed by atoms with Gasteiger partial charge < -0.3 is 19.7 Å². The summed E-state index contributed by atoms with van der Waals surface area (Å²) in [4.78, 5) is 14.2. The van der Waals surface area contributed by atoms with Crippen molar-refractivity contribution >= 4 is 5.91 Å². The smallest absolute Gasteiger partial charge is 0.251 e. The average molecular weight is 254 g/mol. The lowest BCUT2D eigenvalue weighted by Crippen LogP contribution is -2.46. The summed E-state index contributed by atoms with van der Waals surface area (Å²) in [6, 6.07) is 0. The van der Waals surface area contributed by atoms with E-state index in [1.165, 1.54) is 12.8 Å². The molecular formula is C13H22N2O3. The number of nitrogens with one attached hydrogen (secondary N) is 1. The van der Waals surface area contributed by atoms with Crippen LogP contribution in [-0.2, 0) is 14.3 Å². The molecule has 102 valence electrons. The third-order valence-electron chi connectivity index (χ3n) is 4.37. The van der Waals surface area contributed by atoms with Gasteiger partial charge in [-0.05, 0) is 25.8 Å². The second-order valence-corrected chi connectivity index (χ2v) is 5.72. The summed E-state index contributed by atoms with van der Waals surface area (Å²) in [5.41, 5.74) is 0.213. The van der Waals surface area contributed by atoms with Crippen LogP contribution in [0.4, 0.5) is 0 Å². The van der Waals surface area contributed by atoms with Gasteiger partial charge in [0.1, 0.15) is 6.10 Å². The van der Waals surface area contributed by atoms with Crippen molar-refractivity contribution in [2.75, 3.05) is 46.0 Å². The van der Waals surface area contributed by atoms with Gasteiger partial charge in [-0.3, -0.25) is 4.79 Å². The molecule has 0 aliphatic carbocycles. The molecule has 18 heavy (non-hydrogen) atoms. The van der Waals surface area contributed by atoms with E-state index in [9.17, 15) is 4.79 Å². The molecule has 1 spiro atoms. The predicted octanol–water partition coefficient (Wildman–Crippen LogP) is 0.00390. The molecule has 5 nitrogen and oxygen atoms in total. The van der Waals surface area contributed by atoms with Crippen molar-refractivity contribution < 1.29 is 14.3 Å². The lowest BCUT2D eigenvalue weighted by atomic mass is 9.79. The molecule has 0 aromatic carbocycles. The van der Waals surface area contributed by atoms with Crippen molar-refractivity contribution in [3.63, 3.8) is 0 Å². The van der Waals surface area contributed by atoms with Crippen molar-refractivity contribution in [2.45, 2.75) is 25.4 Å². The minimum atomic E-state index is -0.219. The van der Waals surface area contributed by atoms with Gasteiger partial charge in [-0.1, -0.05) is 0 Å². The maximum Gasteiger partial charge on any atom is 0.251 e. The van der Waals surface area contributed by atoms with E-state index in [0.717, 1.165) is 26.1 Å². The molecule has 0 saturated carbocycles. The number of ether oxygens (including phenoxy) is 2. The number of morpholine rings is 1. The van der Waals surface area contributed by atoms with Gasteiger partial charge in [0.15, 0.2) is 0 Å². The highest BCUT2D eigenvalue weighted by Gasteiger charge is 2.44. The average Bonchev–Trinajstić information content (AvgIpc) is 2.83. The molecule has 3 aliphatic heterocycles. The Bertz CT molecular complexity index is 309. The van der Waals surface area contributed by atoms with Crippen molar-refractivity contribution in [3.05, 3.63) is 0 Å². The Labute approximate surface area is 108 Å². The molecule has 3 fully saturated rings. The van der Waals surface area contributed by atoms with Crippen LogP contribution in [0.25, 0.3) is 0 Å². The normalized spacial score (nSPS) is 37.1. The van der Waals surface area contributed by atoms with E-state index in [1.54, 1.807) is 0 Å². The fourth-order valence-electron chi connectivity index (χ4n) is 3.26. The monoisotopic (exact) mass is 254 g/mol. The number of carbonyl (C=O) groups excluding carboxylic acids is 1. The molecule has 1 N–H and O–H groups in total. The molecule has 5 heteroatoms. The molecule has 3 saturated heterocycles. The number of hydrogen-bond donors (Lipinski definition) is 1. The first-order valence-electron chi connectivity index (χ1n) is 6.98. The summed E-state index contributed by atoms with van der Waals surface area (Å²) >= 11 is 0. The minimum absolute atomic E-state index is 0.167. The summed E-state index contributed by atoms with van der Waals surface area (Å²) in [5.74, 6) is 0.167. The molecule has 3 heterocycles. The Kier molecular flexibility index (Phi) is 3.54. The first kappa shape index (κ1) is 12.4. The molecule has 0 aromatic rings. The van der Waals surface area contributed by atoms with Crippen LogP contribution in [0.5, 0.6) is 0 Å². The lowest BCUT2D eigenvalue weighted by Gasteiger charge is -2.33. The van der Waals surface area contributed by atoms with E-state index in [1.807, 2.05) is 4.90 Å². The minimum Gasteiger partial charge on any atom is -0.378 e. The Balaban J connectivity index is 1.59. The van der Waals surface area contributed by atoms with Crippen LogP contribution in [0.1, 0.15) is 19.3 Å². The molecule has 3 aliphatic rings. The van der Waals surface area contributed by atoms with E-state index in [2.05, 4.69) is 5.32 Å². The van der Waals surface area contributed by atoms with Crippen LogP contribution in [0, 0.1) is 5.41 Å². The Morgan fingerprint density at radius 2 is 2.17 bits per heavy atom. The Morgan fingerprint density at radius 3 is 2.89 bits per heavy atom. The van der Waals surface area contributed by atoms with E-state index in [-0.39, 0.29) is 17.4 Å². The zero-order valence-electron chi connectivity index (χ0n) is 10.8. The summed E-state index contributed by atoms with van der Waals surface area (Å²) in [6.07, 6.45) is 3.05. The lowest BCUT2D eigenvalue weighted by molar-refractivity contribution is -0.144. The number of carbonyl (C=O) groups is 1. The second kappa shape index (κ2) is 5.15. The first-order valence-corrected chi connectivity index (χ1v) is 6.98. The first-order chi connectivity index (χ1) is 8.79. The fourth-order valence-corrected chi connectivity index (χ4v) is 3.26. The van der Waals surface area contributed by atoms with Crippen LogP contribution >= 0.6 is 0 Å². The highest BCUT2D eigenvalue weighted by Crippen LogP contribution is 2.38. The van der Waals surface area contributed by atoms with Crippen molar-refractivity contribution in [1.82, 2.24) is 10.2 Å². The van der Waals surface area contributed by atoms with Crippen LogP contribution in [0.2, 0.25) is 0 Å². The fraction of sp³-hybridized carbons (Fsp3) is 0.923. The summed E-state index contributed by atoms with van der Waals surface area (Å²) in [5, 5.41) is 3.43. The number of rotatable bonds is 1. The maximum atomic E-state index is 12.4. The van der Waals surface area contributed by atoms with Gasteiger partial charge >= 0.3 is 0 Å².